The molecule has 34 heavy (non-hydrogen) atoms. The van der Waals surface area contributed by atoms with Gasteiger partial charge in [0, 0.05) is 16.0 Å². The maximum atomic E-state index is 12.5. The second-order valence-electron chi connectivity index (χ2n) is 7.39. The van der Waals surface area contributed by atoms with E-state index in [1.807, 2.05) is 36.4 Å². The number of carbonyl (C=O) groups is 2. The Morgan fingerprint density at radius 1 is 0.971 bits per heavy atom. The number of hydrogen-bond donors (Lipinski definition) is 1. The summed E-state index contributed by atoms with van der Waals surface area (Å²) in [6.45, 7) is 0. The highest BCUT2D eigenvalue weighted by Crippen LogP contribution is 2.30. The number of esters is 1. The van der Waals surface area contributed by atoms with Crippen LogP contribution in [0.3, 0.4) is 0 Å². The molecule has 0 radical (unpaired) electrons. The quantitative estimate of drug-likeness (QED) is 0.191. The molecule has 0 aliphatic heterocycles. The fourth-order valence-electron chi connectivity index (χ4n) is 3.69. The predicted molar refractivity (Wildman–Crippen MR) is 129 cm³/mol. The van der Waals surface area contributed by atoms with Crippen molar-refractivity contribution in [3.05, 3.63) is 94.9 Å². The lowest BCUT2D eigenvalue weighted by Crippen LogP contribution is -2.16. The van der Waals surface area contributed by atoms with Crippen LogP contribution in [0.25, 0.3) is 33.1 Å². The van der Waals surface area contributed by atoms with Gasteiger partial charge in [0.15, 0.2) is 5.76 Å². The largest absolute Gasteiger partial charge is 0.465 e. The van der Waals surface area contributed by atoms with Crippen molar-refractivity contribution in [1.82, 2.24) is 5.43 Å². The Morgan fingerprint density at radius 3 is 2.68 bits per heavy atom. The second-order valence-corrected chi connectivity index (χ2v) is 7.83. The lowest BCUT2D eigenvalue weighted by Gasteiger charge is -2.06. The molecule has 0 saturated carbocycles. The van der Waals surface area contributed by atoms with Crippen LogP contribution in [0, 0.1) is 0 Å². The molecule has 2 aromatic heterocycles. The third-order valence-electron chi connectivity index (χ3n) is 5.29. The summed E-state index contributed by atoms with van der Waals surface area (Å²) >= 11 is 6.08. The average molecular weight is 473 g/mol. The van der Waals surface area contributed by atoms with Crippen LogP contribution >= 0.6 is 11.6 Å². The summed E-state index contributed by atoms with van der Waals surface area (Å²) in [6.07, 6.45) is 1.35. The first-order valence-corrected chi connectivity index (χ1v) is 10.6. The van der Waals surface area contributed by atoms with E-state index in [9.17, 15) is 9.59 Å². The maximum absolute atomic E-state index is 12.5. The third-order valence-corrected chi connectivity index (χ3v) is 5.52. The number of hydrogen-bond acceptors (Lipinski definition) is 6. The van der Waals surface area contributed by atoms with E-state index < -0.39 is 11.9 Å². The Hall–Kier alpha value is -4.36. The van der Waals surface area contributed by atoms with Gasteiger partial charge in [-0.05, 0) is 53.2 Å². The number of hydrazone groups is 1. The molecule has 0 bridgehead atoms. The van der Waals surface area contributed by atoms with Crippen LogP contribution in [-0.4, -0.2) is 25.2 Å². The molecular formula is C26H17ClN2O5. The van der Waals surface area contributed by atoms with E-state index in [1.54, 1.807) is 36.4 Å². The Morgan fingerprint density at radius 2 is 1.82 bits per heavy atom. The number of fused-ring (bicyclic) bond motifs is 3. The summed E-state index contributed by atoms with van der Waals surface area (Å²) in [5.41, 5.74) is 3.85. The van der Waals surface area contributed by atoms with Gasteiger partial charge in [-0.2, -0.15) is 5.10 Å². The van der Waals surface area contributed by atoms with E-state index in [-0.39, 0.29) is 5.76 Å². The predicted octanol–water partition coefficient (Wildman–Crippen LogP) is 6.05. The number of nitrogens with one attached hydrogen (secondary N) is 1. The Balaban J connectivity index is 1.34. The molecule has 0 saturated heterocycles. The molecule has 1 amide bonds. The van der Waals surface area contributed by atoms with E-state index in [2.05, 4.69) is 10.5 Å². The third kappa shape index (κ3) is 4.04. The van der Waals surface area contributed by atoms with E-state index in [0.717, 1.165) is 16.2 Å². The fraction of sp³-hybridized carbons (Fsp3) is 0.0385. The van der Waals surface area contributed by atoms with E-state index in [0.29, 0.717) is 33.3 Å². The van der Waals surface area contributed by atoms with Crippen molar-refractivity contribution in [2.24, 2.45) is 5.10 Å². The molecule has 3 aromatic carbocycles. The first kappa shape index (κ1) is 21.5. The summed E-state index contributed by atoms with van der Waals surface area (Å²) < 4.78 is 16.3. The molecule has 0 unspecified atom stereocenters. The Kier molecular flexibility index (Phi) is 5.61. The van der Waals surface area contributed by atoms with Gasteiger partial charge in [0.25, 0.3) is 0 Å². The molecule has 2 heterocycles. The molecule has 5 aromatic rings. The van der Waals surface area contributed by atoms with Gasteiger partial charge >= 0.3 is 11.9 Å². The van der Waals surface area contributed by atoms with Gasteiger partial charge in [0.2, 0.25) is 0 Å². The molecule has 0 fully saturated rings. The van der Waals surface area contributed by atoms with Gasteiger partial charge < -0.3 is 13.6 Å². The topological polar surface area (TPSA) is 94.0 Å². The second kappa shape index (κ2) is 8.88. The normalized spacial score (nSPS) is 11.4. The van der Waals surface area contributed by atoms with Gasteiger partial charge in [0.1, 0.15) is 17.1 Å². The number of methoxy groups -OCH3 is 1. The zero-order valence-corrected chi connectivity index (χ0v) is 18.6. The van der Waals surface area contributed by atoms with Crippen molar-refractivity contribution in [2.75, 3.05) is 7.11 Å². The van der Waals surface area contributed by atoms with E-state index in [1.165, 1.54) is 13.3 Å². The first-order valence-electron chi connectivity index (χ1n) is 10.3. The molecule has 0 spiro atoms. The highest BCUT2D eigenvalue weighted by Gasteiger charge is 2.17. The number of nitrogens with zero attached hydrogens (tertiary/aromatic N) is 1. The molecule has 168 valence electrons. The molecule has 0 aliphatic rings. The van der Waals surface area contributed by atoms with Gasteiger partial charge in [-0.1, -0.05) is 41.9 Å². The van der Waals surface area contributed by atoms with Crippen molar-refractivity contribution in [3.8, 4) is 11.3 Å². The number of carbonyl (C=O) groups excluding carboxylic acids is 2. The number of rotatable bonds is 5. The lowest BCUT2D eigenvalue weighted by molar-refractivity contribution is 0.0601. The Labute approximate surface area is 198 Å². The average Bonchev–Trinajstić information content (AvgIpc) is 3.51. The van der Waals surface area contributed by atoms with Crippen LogP contribution in [0.4, 0.5) is 0 Å². The lowest BCUT2D eigenvalue weighted by atomic mass is 10.1. The van der Waals surface area contributed by atoms with Crippen LogP contribution in [0.15, 0.2) is 86.7 Å². The smallest absolute Gasteiger partial charge is 0.338 e. The minimum atomic E-state index is -0.510. The number of benzene rings is 3. The van der Waals surface area contributed by atoms with Crippen molar-refractivity contribution in [1.29, 1.82) is 0 Å². The first-order chi connectivity index (χ1) is 16.5. The van der Waals surface area contributed by atoms with Gasteiger partial charge in [0.05, 0.1) is 18.9 Å². The Bertz CT molecular complexity index is 1580. The van der Waals surface area contributed by atoms with Gasteiger partial charge in [-0.3, -0.25) is 4.79 Å². The standard InChI is InChI=1S/C26H17ClN2O5/c1-32-26(31)19-9-7-16(27)12-20(19)22-11-8-17(33-22)14-28-29-25(30)24-13-21-18-5-3-2-4-15(18)6-10-23(21)34-24/h2-14H,1H3,(H,29,30)/b28-14+. The molecule has 8 heteroatoms. The summed E-state index contributed by atoms with van der Waals surface area (Å²) in [5, 5.41) is 7.31. The van der Waals surface area contributed by atoms with Crippen LogP contribution in [0.2, 0.25) is 5.02 Å². The maximum Gasteiger partial charge on any atom is 0.338 e. The minimum absolute atomic E-state index is 0.144. The van der Waals surface area contributed by atoms with Crippen LogP contribution in [-0.2, 0) is 4.74 Å². The fourth-order valence-corrected chi connectivity index (χ4v) is 3.86. The zero-order valence-electron chi connectivity index (χ0n) is 17.9. The summed E-state index contributed by atoms with van der Waals surface area (Å²) in [6, 6.07) is 21.5. The highest BCUT2D eigenvalue weighted by molar-refractivity contribution is 6.31. The van der Waals surface area contributed by atoms with E-state index >= 15 is 0 Å². The van der Waals surface area contributed by atoms with Crippen LogP contribution in [0.5, 0.6) is 0 Å². The highest BCUT2D eigenvalue weighted by atomic mass is 35.5. The molecular weight excluding hydrogens is 456 g/mol. The van der Waals surface area contributed by atoms with Gasteiger partial charge in [-0.15, -0.1) is 0 Å². The molecule has 7 nitrogen and oxygen atoms in total. The number of ether oxygens (including phenoxy) is 1. The summed E-state index contributed by atoms with van der Waals surface area (Å²) in [7, 11) is 1.30. The van der Waals surface area contributed by atoms with Crippen molar-refractivity contribution < 1.29 is 23.2 Å². The molecule has 1 N–H and O–H groups in total. The number of furan rings is 2. The minimum Gasteiger partial charge on any atom is -0.465 e. The van der Waals surface area contributed by atoms with Gasteiger partial charge in [-0.25, -0.2) is 10.2 Å². The van der Waals surface area contributed by atoms with Crippen molar-refractivity contribution in [2.45, 2.75) is 0 Å². The van der Waals surface area contributed by atoms with Crippen molar-refractivity contribution in [3.63, 3.8) is 0 Å². The van der Waals surface area contributed by atoms with Crippen molar-refractivity contribution >= 4 is 51.4 Å². The molecule has 0 aliphatic carbocycles. The van der Waals surface area contributed by atoms with Crippen LogP contribution < -0.4 is 5.43 Å². The van der Waals surface area contributed by atoms with E-state index in [4.69, 9.17) is 25.2 Å². The molecule has 0 atom stereocenters. The summed E-state index contributed by atoms with van der Waals surface area (Å²) in [4.78, 5) is 24.6. The monoisotopic (exact) mass is 472 g/mol. The zero-order chi connectivity index (χ0) is 23.7. The SMILES string of the molecule is COC(=O)c1ccc(Cl)cc1-c1ccc(/C=N/NC(=O)c2cc3c(ccc4ccccc43)o2)o1. The molecule has 5 rings (SSSR count). The van der Waals surface area contributed by atoms with Crippen LogP contribution in [0.1, 0.15) is 26.7 Å². The number of halogens is 1. The summed E-state index contributed by atoms with van der Waals surface area (Å²) in [5.74, 6) is -0.0953. The number of amides is 1.